The number of hydrogen-bond acceptors (Lipinski definition) is 6. The van der Waals surface area contributed by atoms with E-state index in [-0.39, 0.29) is 19.1 Å². The van der Waals surface area contributed by atoms with Crippen LogP contribution >= 0.6 is 11.8 Å². The fraction of sp³-hybridized carbons (Fsp3) is 0.368. The first-order valence-electron chi connectivity index (χ1n) is 8.78. The second kappa shape index (κ2) is 9.62. The molecule has 7 nitrogen and oxygen atoms in total. The Morgan fingerprint density at radius 1 is 1.41 bits per heavy atom. The summed E-state index contributed by atoms with van der Waals surface area (Å²) in [5.41, 5.74) is 1.50. The van der Waals surface area contributed by atoms with Gasteiger partial charge in [-0.2, -0.15) is 5.26 Å². The lowest BCUT2D eigenvalue weighted by Gasteiger charge is -2.18. The first kappa shape index (κ1) is 21.0. The van der Waals surface area contributed by atoms with Crippen LogP contribution in [-0.2, 0) is 16.1 Å². The molecule has 10 heteroatoms. The summed E-state index contributed by atoms with van der Waals surface area (Å²) in [5.74, 6) is 0.195. The minimum atomic E-state index is -2.55. The highest BCUT2D eigenvalue weighted by Gasteiger charge is 2.29. The maximum absolute atomic E-state index is 12.6. The van der Waals surface area contributed by atoms with Gasteiger partial charge in [0.15, 0.2) is 0 Å². The average molecular weight is 420 g/mol. The van der Waals surface area contributed by atoms with Crippen LogP contribution in [0.5, 0.6) is 0 Å². The lowest BCUT2D eigenvalue weighted by Crippen LogP contribution is -2.42. The van der Waals surface area contributed by atoms with Crippen molar-refractivity contribution in [2.75, 3.05) is 24.8 Å². The van der Waals surface area contributed by atoms with Gasteiger partial charge in [0.05, 0.1) is 36.2 Å². The number of aromatic nitrogens is 1. The van der Waals surface area contributed by atoms with Crippen molar-refractivity contribution in [2.45, 2.75) is 19.1 Å². The number of nitrogens with zero attached hydrogens (tertiary/aromatic N) is 3. The van der Waals surface area contributed by atoms with E-state index >= 15 is 0 Å². The Balaban J connectivity index is 1.70. The largest absolute Gasteiger partial charge is 0.371 e. The Bertz CT molecular complexity index is 951. The summed E-state index contributed by atoms with van der Waals surface area (Å²) >= 11 is 1.49. The van der Waals surface area contributed by atoms with E-state index < -0.39 is 25.0 Å². The number of halogens is 2. The highest BCUT2D eigenvalue weighted by molar-refractivity contribution is 7.99. The molecule has 0 bridgehead atoms. The van der Waals surface area contributed by atoms with Crippen LogP contribution in [-0.4, -0.2) is 58.9 Å². The molecule has 0 spiro atoms. The molecule has 1 unspecified atom stereocenters. The van der Waals surface area contributed by atoms with E-state index in [9.17, 15) is 18.4 Å². The van der Waals surface area contributed by atoms with E-state index in [0.29, 0.717) is 33.7 Å². The van der Waals surface area contributed by atoms with Crippen molar-refractivity contribution in [1.29, 1.82) is 5.26 Å². The molecule has 1 fully saturated rings. The molecule has 0 radical (unpaired) electrons. The van der Waals surface area contributed by atoms with E-state index in [1.165, 1.54) is 28.9 Å². The zero-order valence-corrected chi connectivity index (χ0v) is 16.1. The molecule has 1 aliphatic heterocycles. The molecular formula is C19H18F2N4O3S. The van der Waals surface area contributed by atoms with Gasteiger partial charge in [-0.15, -0.1) is 11.8 Å². The summed E-state index contributed by atoms with van der Waals surface area (Å²) in [6, 6.07) is 8.14. The standard InChI is InChI=1S/C19H18F2N4O3S/c20-17(21)9-28-8-12-1-2-16-15(5-12)14(3-4-23-16)19(27)24-7-18(26)25-11-29-10-13(25)6-22/h1-5,13,17H,7-11H2,(H,24,27). The van der Waals surface area contributed by atoms with Crippen molar-refractivity contribution in [1.82, 2.24) is 15.2 Å². The predicted octanol–water partition coefficient (Wildman–Crippen LogP) is 2.17. The molecule has 2 heterocycles. The van der Waals surface area contributed by atoms with E-state index in [1.807, 2.05) is 0 Å². The lowest BCUT2D eigenvalue weighted by atomic mass is 10.1. The third-order valence-corrected chi connectivity index (χ3v) is 5.33. The van der Waals surface area contributed by atoms with Crippen LogP contribution in [0.25, 0.3) is 10.9 Å². The molecule has 2 aromatic rings. The average Bonchev–Trinajstić information content (AvgIpc) is 3.20. The number of fused-ring (bicyclic) bond motifs is 1. The minimum Gasteiger partial charge on any atom is -0.371 e. The smallest absolute Gasteiger partial charge is 0.261 e. The third kappa shape index (κ3) is 5.19. The highest BCUT2D eigenvalue weighted by Crippen LogP contribution is 2.21. The van der Waals surface area contributed by atoms with Gasteiger partial charge in [0.1, 0.15) is 12.6 Å². The Kier molecular flexibility index (Phi) is 6.95. The SMILES string of the molecule is N#CC1CSCN1C(=O)CNC(=O)c1ccnc2ccc(COCC(F)F)cc12. The molecule has 2 amide bonds. The van der Waals surface area contributed by atoms with Gasteiger partial charge in [-0.05, 0) is 23.8 Å². The van der Waals surface area contributed by atoms with Gasteiger partial charge in [0.2, 0.25) is 5.91 Å². The highest BCUT2D eigenvalue weighted by atomic mass is 32.2. The van der Waals surface area contributed by atoms with Gasteiger partial charge in [0, 0.05) is 17.3 Å². The second-order valence-corrected chi connectivity index (χ2v) is 7.31. The van der Waals surface area contributed by atoms with Crippen LogP contribution < -0.4 is 5.32 Å². The molecule has 1 atom stereocenters. The molecular weight excluding hydrogens is 402 g/mol. The Labute approximate surface area is 170 Å². The van der Waals surface area contributed by atoms with E-state index in [2.05, 4.69) is 16.4 Å². The van der Waals surface area contributed by atoms with Crippen molar-refractivity contribution < 1.29 is 23.1 Å². The minimum absolute atomic E-state index is 0.0170. The number of alkyl halides is 2. The molecule has 0 aliphatic carbocycles. The number of nitriles is 1. The number of carbonyl (C=O) groups is 2. The van der Waals surface area contributed by atoms with Crippen LogP contribution in [0.15, 0.2) is 30.5 Å². The number of hydrogen-bond donors (Lipinski definition) is 1. The van der Waals surface area contributed by atoms with Crippen LogP contribution in [0.2, 0.25) is 0 Å². The number of ether oxygens (including phenoxy) is 1. The Hall–Kier alpha value is -2.77. The summed E-state index contributed by atoms with van der Waals surface area (Å²) in [4.78, 5) is 30.6. The van der Waals surface area contributed by atoms with Gasteiger partial charge in [-0.3, -0.25) is 14.6 Å². The Morgan fingerprint density at radius 2 is 2.24 bits per heavy atom. The van der Waals surface area contributed by atoms with E-state index in [0.717, 1.165) is 0 Å². The molecule has 1 saturated heterocycles. The van der Waals surface area contributed by atoms with Crippen LogP contribution in [0, 0.1) is 11.3 Å². The zero-order chi connectivity index (χ0) is 20.8. The van der Waals surface area contributed by atoms with Crippen molar-refractivity contribution in [3.05, 3.63) is 41.6 Å². The number of carbonyl (C=O) groups excluding carboxylic acids is 2. The predicted molar refractivity (Wildman–Crippen MR) is 103 cm³/mol. The summed E-state index contributed by atoms with van der Waals surface area (Å²) in [6.07, 6.45) is -1.07. The summed E-state index contributed by atoms with van der Waals surface area (Å²) < 4.78 is 29.4. The van der Waals surface area contributed by atoms with Gasteiger partial charge in [0.25, 0.3) is 12.3 Å². The van der Waals surface area contributed by atoms with Crippen molar-refractivity contribution in [3.8, 4) is 6.07 Å². The van der Waals surface area contributed by atoms with Crippen LogP contribution in [0.1, 0.15) is 15.9 Å². The normalized spacial score (nSPS) is 16.2. The summed E-state index contributed by atoms with van der Waals surface area (Å²) in [5, 5.41) is 12.2. The summed E-state index contributed by atoms with van der Waals surface area (Å²) in [6.45, 7) is -0.908. The number of nitrogens with one attached hydrogen (secondary N) is 1. The fourth-order valence-corrected chi connectivity index (χ4v) is 4.00. The van der Waals surface area contributed by atoms with Crippen molar-refractivity contribution in [3.63, 3.8) is 0 Å². The fourth-order valence-electron chi connectivity index (χ4n) is 2.90. The number of rotatable bonds is 7. The molecule has 1 aromatic carbocycles. The maximum Gasteiger partial charge on any atom is 0.261 e. The van der Waals surface area contributed by atoms with Crippen LogP contribution in [0.4, 0.5) is 8.78 Å². The third-order valence-electron chi connectivity index (χ3n) is 4.32. The summed E-state index contributed by atoms with van der Waals surface area (Å²) in [7, 11) is 0. The maximum atomic E-state index is 12.6. The van der Waals surface area contributed by atoms with Crippen molar-refractivity contribution >= 4 is 34.5 Å². The number of thioether (sulfide) groups is 1. The van der Waals surface area contributed by atoms with Gasteiger partial charge in [-0.25, -0.2) is 8.78 Å². The van der Waals surface area contributed by atoms with E-state index in [4.69, 9.17) is 10.00 Å². The van der Waals surface area contributed by atoms with Gasteiger partial charge < -0.3 is 15.0 Å². The first-order chi connectivity index (χ1) is 14.0. The monoisotopic (exact) mass is 420 g/mol. The topological polar surface area (TPSA) is 95.3 Å². The molecule has 1 aliphatic rings. The lowest BCUT2D eigenvalue weighted by molar-refractivity contribution is -0.129. The first-order valence-corrected chi connectivity index (χ1v) is 9.93. The van der Waals surface area contributed by atoms with Gasteiger partial charge in [-0.1, -0.05) is 6.07 Å². The van der Waals surface area contributed by atoms with Crippen molar-refractivity contribution in [2.24, 2.45) is 0 Å². The quantitative estimate of drug-likeness (QED) is 0.738. The van der Waals surface area contributed by atoms with Crippen LogP contribution in [0.3, 0.4) is 0 Å². The van der Waals surface area contributed by atoms with Gasteiger partial charge >= 0.3 is 0 Å². The molecule has 1 N–H and O–H groups in total. The number of amides is 2. The molecule has 0 saturated carbocycles. The number of pyridine rings is 1. The number of benzene rings is 1. The Morgan fingerprint density at radius 3 is 3.00 bits per heavy atom. The molecule has 152 valence electrons. The zero-order valence-electron chi connectivity index (χ0n) is 15.3. The molecule has 29 heavy (non-hydrogen) atoms. The molecule has 1 aromatic heterocycles. The van der Waals surface area contributed by atoms with E-state index in [1.54, 1.807) is 18.2 Å². The molecule has 3 rings (SSSR count). The second-order valence-electron chi connectivity index (χ2n) is 6.31.